The molecule has 0 unspecified atom stereocenters. The minimum atomic E-state index is -0.257. The lowest BCUT2D eigenvalue weighted by molar-refractivity contribution is 0.0946. The first kappa shape index (κ1) is 13.8. The number of rotatable bonds is 5. The highest BCUT2D eigenvalue weighted by Gasteiger charge is 2.11. The van der Waals surface area contributed by atoms with Gasteiger partial charge in [-0.25, -0.2) is 4.98 Å². The van der Waals surface area contributed by atoms with Crippen LogP contribution in [0.25, 0.3) is 0 Å². The lowest BCUT2D eigenvalue weighted by Gasteiger charge is -2.03. The molecule has 0 saturated heterocycles. The highest BCUT2D eigenvalue weighted by molar-refractivity contribution is 9.10. The van der Waals surface area contributed by atoms with Crippen molar-refractivity contribution >= 4 is 21.8 Å². The largest absolute Gasteiger partial charge is 0.448 e. The van der Waals surface area contributed by atoms with Gasteiger partial charge in [0.15, 0.2) is 11.6 Å². The number of nitrogens with one attached hydrogen (secondary N) is 1. The SMILES string of the molecule is NCCc1nc(C(=O)NCc2cccc(Br)c2)co1. The van der Waals surface area contributed by atoms with Gasteiger partial charge in [0, 0.05) is 24.0 Å². The molecule has 0 bridgehead atoms. The number of hydrogen-bond acceptors (Lipinski definition) is 4. The Morgan fingerprint density at radius 1 is 1.47 bits per heavy atom. The highest BCUT2D eigenvalue weighted by Crippen LogP contribution is 2.11. The van der Waals surface area contributed by atoms with Gasteiger partial charge in [0.05, 0.1) is 0 Å². The van der Waals surface area contributed by atoms with E-state index in [0.29, 0.717) is 25.4 Å². The van der Waals surface area contributed by atoms with E-state index in [0.717, 1.165) is 10.0 Å². The molecule has 100 valence electrons. The minimum absolute atomic E-state index is 0.257. The van der Waals surface area contributed by atoms with E-state index >= 15 is 0 Å². The Balaban J connectivity index is 1.93. The van der Waals surface area contributed by atoms with Crippen molar-refractivity contribution in [1.29, 1.82) is 0 Å². The predicted molar refractivity (Wildman–Crippen MR) is 74.6 cm³/mol. The third kappa shape index (κ3) is 3.90. The number of carbonyl (C=O) groups excluding carboxylic acids is 1. The smallest absolute Gasteiger partial charge is 0.273 e. The summed E-state index contributed by atoms with van der Waals surface area (Å²) in [5.74, 6) is 0.224. The number of hydrogen-bond donors (Lipinski definition) is 2. The highest BCUT2D eigenvalue weighted by atomic mass is 79.9. The molecule has 3 N–H and O–H groups in total. The van der Waals surface area contributed by atoms with Crippen molar-refractivity contribution < 1.29 is 9.21 Å². The van der Waals surface area contributed by atoms with Crippen LogP contribution >= 0.6 is 15.9 Å². The average molecular weight is 324 g/mol. The van der Waals surface area contributed by atoms with Crippen molar-refractivity contribution in [2.75, 3.05) is 6.54 Å². The monoisotopic (exact) mass is 323 g/mol. The zero-order valence-corrected chi connectivity index (χ0v) is 11.8. The van der Waals surface area contributed by atoms with Gasteiger partial charge in [0.25, 0.3) is 5.91 Å². The summed E-state index contributed by atoms with van der Waals surface area (Å²) in [6, 6.07) is 7.74. The number of halogens is 1. The van der Waals surface area contributed by atoms with E-state index in [9.17, 15) is 4.79 Å². The van der Waals surface area contributed by atoms with Crippen molar-refractivity contribution in [2.45, 2.75) is 13.0 Å². The molecule has 0 radical (unpaired) electrons. The Labute approximate surface area is 119 Å². The summed E-state index contributed by atoms with van der Waals surface area (Å²) in [6.45, 7) is 0.886. The van der Waals surface area contributed by atoms with Gasteiger partial charge < -0.3 is 15.5 Å². The lowest BCUT2D eigenvalue weighted by Crippen LogP contribution is -2.23. The van der Waals surface area contributed by atoms with E-state index in [2.05, 4.69) is 26.2 Å². The van der Waals surface area contributed by atoms with Crippen LogP contribution in [0.3, 0.4) is 0 Å². The molecule has 0 aliphatic rings. The molecule has 1 amide bonds. The van der Waals surface area contributed by atoms with E-state index < -0.39 is 0 Å². The topological polar surface area (TPSA) is 81.1 Å². The van der Waals surface area contributed by atoms with E-state index in [1.165, 1.54) is 6.26 Å². The maximum absolute atomic E-state index is 11.8. The van der Waals surface area contributed by atoms with E-state index in [4.69, 9.17) is 10.2 Å². The van der Waals surface area contributed by atoms with Crippen LogP contribution in [0.4, 0.5) is 0 Å². The normalized spacial score (nSPS) is 10.4. The fraction of sp³-hybridized carbons (Fsp3) is 0.231. The van der Waals surface area contributed by atoms with Crippen molar-refractivity contribution in [3.05, 3.63) is 52.1 Å². The quantitative estimate of drug-likeness (QED) is 0.880. The fourth-order valence-corrected chi connectivity index (χ4v) is 2.02. The molecule has 1 aromatic heterocycles. The van der Waals surface area contributed by atoms with Crippen molar-refractivity contribution in [2.24, 2.45) is 5.73 Å². The first-order valence-corrected chi connectivity index (χ1v) is 6.65. The second-order valence-corrected chi connectivity index (χ2v) is 4.89. The molecular formula is C13H14BrN3O2. The molecule has 0 aliphatic carbocycles. The van der Waals surface area contributed by atoms with E-state index in [-0.39, 0.29) is 11.6 Å². The maximum Gasteiger partial charge on any atom is 0.273 e. The summed E-state index contributed by atoms with van der Waals surface area (Å²) < 4.78 is 6.12. The number of amides is 1. The first-order chi connectivity index (χ1) is 9.19. The molecule has 0 aliphatic heterocycles. The Hall–Kier alpha value is -1.66. The van der Waals surface area contributed by atoms with Crippen LogP contribution in [0.1, 0.15) is 21.9 Å². The Morgan fingerprint density at radius 2 is 2.32 bits per heavy atom. The number of carbonyl (C=O) groups is 1. The standard InChI is InChI=1S/C13H14BrN3O2/c14-10-3-1-2-9(6-10)7-16-13(18)11-8-19-12(17-11)4-5-15/h1-3,6,8H,4-5,7,15H2,(H,16,18). The molecule has 2 rings (SSSR count). The Morgan fingerprint density at radius 3 is 3.05 bits per heavy atom. The van der Waals surface area contributed by atoms with Crippen LogP contribution in [0.5, 0.6) is 0 Å². The summed E-state index contributed by atoms with van der Waals surface area (Å²) in [5, 5.41) is 2.78. The summed E-state index contributed by atoms with van der Waals surface area (Å²) in [6.07, 6.45) is 1.88. The molecule has 0 fully saturated rings. The minimum Gasteiger partial charge on any atom is -0.448 e. The van der Waals surface area contributed by atoms with Crippen LogP contribution in [0, 0.1) is 0 Å². The summed E-state index contributed by atoms with van der Waals surface area (Å²) in [5.41, 5.74) is 6.67. The van der Waals surface area contributed by atoms with Gasteiger partial charge in [0.2, 0.25) is 0 Å². The molecule has 2 aromatic rings. The van der Waals surface area contributed by atoms with Crippen molar-refractivity contribution in [1.82, 2.24) is 10.3 Å². The number of benzene rings is 1. The lowest BCUT2D eigenvalue weighted by atomic mass is 10.2. The van der Waals surface area contributed by atoms with E-state index in [1.807, 2.05) is 24.3 Å². The Bertz CT molecular complexity index is 569. The molecule has 1 aromatic carbocycles. The zero-order valence-electron chi connectivity index (χ0n) is 10.2. The van der Waals surface area contributed by atoms with Crippen LogP contribution in [0.15, 0.2) is 39.4 Å². The molecule has 5 nitrogen and oxygen atoms in total. The van der Waals surface area contributed by atoms with Crippen LogP contribution < -0.4 is 11.1 Å². The number of oxazole rings is 1. The van der Waals surface area contributed by atoms with Gasteiger partial charge in [-0.1, -0.05) is 28.1 Å². The van der Waals surface area contributed by atoms with Gasteiger partial charge >= 0.3 is 0 Å². The number of nitrogens with two attached hydrogens (primary N) is 1. The average Bonchev–Trinajstić information content (AvgIpc) is 2.85. The van der Waals surface area contributed by atoms with Crippen LogP contribution in [-0.2, 0) is 13.0 Å². The predicted octanol–water partition coefficient (Wildman–Crippen LogP) is 1.87. The van der Waals surface area contributed by atoms with Crippen molar-refractivity contribution in [3.8, 4) is 0 Å². The van der Waals surface area contributed by atoms with Gasteiger partial charge in [-0.3, -0.25) is 4.79 Å². The van der Waals surface area contributed by atoms with Gasteiger partial charge in [0.1, 0.15) is 6.26 Å². The Kier molecular flexibility index (Phi) is 4.70. The van der Waals surface area contributed by atoms with E-state index in [1.54, 1.807) is 0 Å². The third-order valence-electron chi connectivity index (χ3n) is 2.48. The summed E-state index contributed by atoms with van der Waals surface area (Å²) >= 11 is 3.38. The molecule has 1 heterocycles. The molecule has 0 spiro atoms. The molecular weight excluding hydrogens is 310 g/mol. The van der Waals surface area contributed by atoms with Gasteiger partial charge in [-0.15, -0.1) is 0 Å². The third-order valence-corrected chi connectivity index (χ3v) is 2.98. The summed E-state index contributed by atoms with van der Waals surface area (Å²) in [4.78, 5) is 15.9. The van der Waals surface area contributed by atoms with Crippen molar-refractivity contribution in [3.63, 3.8) is 0 Å². The van der Waals surface area contributed by atoms with Crippen LogP contribution in [0.2, 0.25) is 0 Å². The fourth-order valence-electron chi connectivity index (χ4n) is 1.57. The molecule has 0 saturated carbocycles. The zero-order chi connectivity index (χ0) is 13.7. The maximum atomic E-state index is 11.8. The number of nitrogens with zero attached hydrogens (tertiary/aromatic N) is 1. The molecule has 19 heavy (non-hydrogen) atoms. The molecule has 0 atom stereocenters. The first-order valence-electron chi connectivity index (χ1n) is 5.86. The second kappa shape index (κ2) is 6.49. The van der Waals surface area contributed by atoms with Crippen LogP contribution in [-0.4, -0.2) is 17.4 Å². The van der Waals surface area contributed by atoms with Gasteiger partial charge in [-0.2, -0.15) is 0 Å². The number of aromatic nitrogens is 1. The molecule has 6 heteroatoms. The summed E-state index contributed by atoms with van der Waals surface area (Å²) in [7, 11) is 0. The van der Waals surface area contributed by atoms with Gasteiger partial charge in [-0.05, 0) is 17.7 Å². The second-order valence-electron chi connectivity index (χ2n) is 3.98.